The minimum atomic E-state index is -0.307. The lowest BCUT2D eigenvalue weighted by Crippen LogP contribution is -2.26. The minimum absolute atomic E-state index is 0.135. The topological polar surface area (TPSA) is 90.0 Å². The van der Waals surface area contributed by atoms with Crippen LogP contribution in [-0.4, -0.2) is 26.9 Å². The standard InChI is InChI=1S/C22H17BrN4O3S/c1-31-18-4-2-3-17(11-18)24-19(28)13-27-12-15(7-10-20(27)29)22-25-21(26-30-22)14-5-8-16(23)9-6-14/h2-12H,13H2,1H3,(H,24,28). The van der Waals surface area contributed by atoms with Crippen LogP contribution >= 0.6 is 27.7 Å². The lowest BCUT2D eigenvalue weighted by molar-refractivity contribution is -0.116. The predicted octanol–water partition coefficient (Wildman–Crippen LogP) is 4.69. The number of thioether (sulfide) groups is 1. The molecule has 0 unspecified atom stereocenters. The number of amides is 1. The first kappa shape index (κ1) is 21.1. The fourth-order valence-electron chi connectivity index (χ4n) is 2.89. The molecule has 156 valence electrons. The van der Waals surface area contributed by atoms with Crippen molar-refractivity contribution in [2.45, 2.75) is 11.4 Å². The van der Waals surface area contributed by atoms with E-state index in [2.05, 4.69) is 31.4 Å². The second kappa shape index (κ2) is 9.32. The van der Waals surface area contributed by atoms with Crippen molar-refractivity contribution in [2.75, 3.05) is 11.6 Å². The van der Waals surface area contributed by atoms with Crippen LogP contribution in [0.4, 0.5) is 5.69 Å². The highest BCUT2D eigenvalue weighted by Crippen LogP contribution is 2.23. The zero-order valence-electron chi connectivity index (χ0n) is 16.4. The molecular weight excluding hydrogens is 480 g/mol. The number of carbonyl (C=O) groups excluding carboxylic acids is 1. The number of benzene rings is 2. The molecule has 1 N–H and O–H groups in total. The van der Waals surface area contributed by atoms with Crippen LogP contribution in [0.15, 0.2) is 85.5 Å². The fraction of sp³-hybridized carbons (Fsp3) is 0.0909. The van der Waals surface area contributed by atoms with Crippen molar-refractivity contribution in [1.82, 2.24) is 14.7 Å². The van der Waals surface area contributed by atoms with Gasteiger partial charge in [-0.15, -0.1) is 11.8 Å². The van der Waals surface area contributed by atoms with E-state index in [0.29, 0.717) is 17.1 Å². The number of carbonyl (C=O) groups is 1. The molecule has 0 saturated heterocycles. The van der Waals surface area contributed by atoms with Crippen LogP contribution in [0.25, 0.3) is 22.8 Å². The molecule has 0 aliphatic carbocycles. The lowest BCUT2D eigenvalue weighted by atomic mass is 10.2. The predicted molar refractivity (Wildman–Crippen MR) is 124 cm³/mol. The number of pyridine rings is 1. The zero-order valence-corrected chi connectivity index (χ0v) is 18.8. The molecule has 1 amide bonds. The highest BCUT2D eigenvalue weighted by atomic mass is 79.9. The third kappa shape index (κ3) is 5.12. The van der Waals surface area contributed by atoms with Crippen molar-refractivity contribution in [3.8, 4) is 22.8 Å². The number of rotatable bonds is 6. The van der Waals surface area contributed by atoms with Crippen LogP contribution in [0.3, 0.4) is 0 Å². The number of hydrogen-bond donors (Lipinski definition) is 1. The summed E-state index contributed by atoms with van der Waals surface area (Å²) in [4.78, 5) is 30.2. The second-order valence-corrected chi connectivity index (χ2v) is 8.39. The van der Waals surface area contributed by atoms with Crippen molar-refractivity contribution in [3.05, 3.63) is 81.7 Å². The molecule has 0 aliphatic rings. The molecule has 4 aromatic rings. The molecule has 31 heavy (non-hydrogen) atoms. The van der Waals surface area contributed by atoms with E-state index in [1.54, 1.807) is 30.1 Å². The third-order valence-corrected chi connectivity index (χ3v) is 5.68. The van der Waals surface area contributed by atoms with Crippen LogP contribution in [0, 0.1) is 0 Å². The van der Waals surface area contributed by atoms with Crippen LogP contribution in [0.2, 0.25) is 0 Å². The monoisotopic (exact) mass is 496 g/mol. The quantitative estimate of drug-likeness (QED) is 0.389. The molecule has 9 heteroatoms. The average Bonchev–Trinajstić information content (AvgIpc) is 3.26. The Morgan fingerprint density at radius 3 is 2.68 bits per heavy atom. The Labute approximate surface area is 190 Å². The molecule has 7 nitrogen and oxygen atoms in total. The van der Waals surface area contributed by atoms with Crippen molar-refractivity contribution in [2.24, 2.45) is 0 Å². The average molecular weight is 497 g/mol. The van der Waals surface area contributed by atoms with Gasteiger partial charge in [0.2, 0.25) is 11.7 Å². The Balaban J connectivity index is 1.52. The molecule has 0 spiro atoms. The first-order chi connectivity index (χ1) is 15.0. The van der Waals surface area contributed by atoms with Gasteiger partial charge in [0, 0.05) is 32.9 Å². The SMILES string of the molecule is CSc1cccc(NC(=O)Cn2cc(-c3nc(-c4ccc(Br)cc4)no3)ccc2=O)c1. The lowest BCUT2D eigenvalue weighted by Gasteiger charge is -2.09. The number of halogens is 1. The van der Waals surface area contributed by atoms with Crippen LogP contribution in [0.5, 0.6) is 0 Å². The van der Waals surface area contributed by atoms with Gasteiger partial charge >= 0.3 is 0 Å². The number of nitrogens with one attached hydrogen (secondary N) is 1. The van der Waals surface area contributed by atoms with E-state index in [0.717, 1.165) is 14.9 Å². The summed E-state index contributed by atoms with van der Waals surface area (Å²) in [6.45, 7) is -0.135. The van der Waals surface area contributed by atoms with Gasteiger partial charge in [-0.1, -0.05) is 27.2 Å². The third-order valence-electron chi connectivity index (χ3n) is 4.43. The summed E-state index contributed by atoms with van der Waals surface area (Å²) in [7, 11) is 0. The normalized spacial score (nSPS) is 10.8. The molecular formula is C22H17BrN4O3S. The molecule has 2 aromatic heterocycles. The molecule has 0 aliphatic heterocycles. The Morgan fingerprint density at radius 2 is 1.90 bits per heavy atom. The number of nitrogens with zero attached hydrogens (tertiary/aromatic N) is 3. The smallest absolute Gasteiger partial charge is 0.259 e. The van der Waals surface area contributed by atoms with E-state index in [4.69, 9.17) is 4.52 Å². The fourth-order valence-corrected chi connectivity index (χ4v) is 3.62. The van der Waals surface area contributed by atoms with Crippen LogP contribution in [0.1, 0.15) is 0 Å². The second-order valence-electron chi connectivity index (χ2n) is 6.59. The van der Waals surface area contributed by atoms with E-state index >= 15 is 0 Å². The molecule has 2 heterocycles. The number of hydrogen-bond acceptors (Lipinski definition) is 6. The highest BCUT2D eigenvalue weighted by Gasteiger charge is 2.13. The maximum absolute atomic E-state index is 12.5. The van der Waals surface area contributed by atoms with E-state index in [1.165, 1.54) is 10.6 Å². The van der Waals surface area contributed by atoms with E-state index < -0.39 is 0 Å². The summed E-state index contributed by atoms with van der Waals surface area (Å²) in [5.74, 6) is 0.394. The van der Waals surface area contributed by atoms with Crippen molar-refractivity contribution in [3.63, 3.8) is 0 Å². The van der Waals surface area contributed by atoms with Gasteiger partial charge in [0.25, 0.3) is 11.4 Å². The van der Waals surface area contributed by atoms with Crippen LogP contribution < -0.4 is 10.9 Å². The number of aromatic nitrogens is 3. The molecule has 0 radical (unpaired) electrons. The molecule has 0 atom stereocenters. The summed E-state index contributed by atoms with van der Waals surface area (Å²) in [6, 6.07) is 18.0. The maximum atomic E-state index is 12.5. The summed E-state index contributed by atoms with van der Waals surface area (Å²) in [5, 5.41) is 6.82. The van der Waals surface area contributed by atoms with Crippen molar-refractivity contribution < 1.29 is 9.32 Å². The Kier molecular flexibility index (Phi) is 6.34. The van der Waals surface area contributed by atoms with Gasteiger partial charge in [-0.05, 0) is 54.8 Å². The maximum Gasteiger partial charge on any atom is 0.259 e. The first-order valence-corrected chi connectivity index (χ1v) is 11.3. The molecule has 0 saturated carbocycles. The van der Waals surface area contributed by atoms with E-state index in [1.807, 2.05) is 48.7 Å². The van der Waals surface area contributed by atoms with Gasteiger partial charge in [-0.3, -0.25) is 9.59 Å². The summed E-state index contributed by atoms with van der Waals surface area (Å²) in [5.41, 5.74) is 1.73. The van der Waals surface area contributed by atoms with Gasteiger partial charge in [0.1, 0.15) is 6.54 Å². The first-order valence-electron chi connectivity index (χ1n) is 9.26. The molecule has 0 fully saturated rings. The minimum Gasteiger partial charge on any atom is -0.334 e. The Bertz CT molecular complexity index is 1280. The van der Waals surface area contributed by atoms with Crippen molar-refractivity contribution in [1.29, 1.82) is 0 Å². The largest absolute Gasteiger partial charge is 0.334 e. The Hall–Kier alpha value is -3.17. The van der Waals surface area contributed by atoms with Gasteiger partial charge in [-0.25, -0.2) is 0 Å². The van der Waals surface area contributed by atoms with Gasteiger partial charge in [0.05, 0.1) is 5.56 Å². The van der Waals surface area contributed by atoms with E-state index in [-0.39, 0.29) is 23.9 Å². The summed E-state index contributed by atoms with van der Waals surface area (Å²) >= 11 is 4.98. The molecule has 2 aromatic carbocycles. The summed E-state index contributed by atoms with van der Waals surface area (Å²) < 4.78 is 7.63. The van der Waals surface area contributed by atoms with Gasteiger partial charge in [0.15, 0.2) is 0 Å². The highest BCUT2D eigenvalue weighted by molar-refractivity contribution is 9.10. The van der Waals surface area contributed by atoms with Crippen LogP contribution in [-0.2, 0) is 11.3 Å². The summed E-state index contributed by atoms with van der Waals surface area (Å²) in [6.07, 6.45) is 3.50. The van der Waals surface area contributed by atoms with Crippen molar-refractivity contribution >= 4 is 39.3 Å². The Morgan fingerprint density at radius 1 is 1.13 bits per heavy atom. The number of anilines is 1. The zero-order chi connectivity index (χ0) is 21.8. The molecule has 4 rings (SSSR count). The van der Waals surface area contributed by atoms with Gasteiger partial charge < -0.3 is 14.4 Å². The van der Waals surface area contributed by atoms with Gasteiger partial charge in [-0.2, -0.15) is 4.98 Å². The molecule has 0 bridgehead atoms. The van der Waals surface area contributed by atoms with E-state index in [9.17, 15) is 9.59 Å².